The Balaban J connectivity index is 2.86. The minimum Gasteiger partial charge on any atom is -0.366 e. The number of nitro groups is 1. The van der Waals surface area contributed by atoms with Gasteiger partial charge in [0.15, 0.2) is 0 Å². The van der Waals surface area contributed by atoms with Crippen LogP contribution in [0.3, 0.4) is 0 Å². The molecule has 0 aliphatic heterocycles. The van der Waals surface area contributed by atoms with Crippen molar-refractivity contribution in [2.75, 3.05) is 0 Å². The fraction of sp³-hybridized carbons (Fsp3) is 0.375. The smallest absolute Gasteiger partial charge is 0.366 e. The van der Waals surface area contributed by atoms with Crippen LogP contribution in [-0.2, 0) is 16.6 Å². The Morgan fingerprint density at radius 2 is 2.25 bits per heavy atom. The first-order chi connectivity index (χ1) is 7.45. The molecule has 0 atom stereocenters. The number of hydrogen-bond acceptors (Lipinski definition) is 6. The number of Topliss-reactive ketones (excluding diaryl/α,β-unsaturated/α-hetero) is 1. The molecule has 0 aliphatic rings. The molecule has 0 aromatic carbocycles. The number of esters is 1. The molecule has 1 heterocycles. The van der Waals surface area contributed by atoms with E-state index in [1.54, 1.807) is 0 Å². The van der Waals surface area contributed by atoms with E-state index in [0.29, 0.717) is 0 Å². The second-order valence-electron chi connectivity index (χ2n) is 2.92. The monoisotopic (exact) mass is 227 g/mol. The van der Waals surface area contributed by atoms with Gasteiger partial charge in [-0.1, -0.05) is 6.92 Å². The molecule has 0 spiro atoms. The van der Waals surface area contributed by atoms with Crippen molar-refractivity contribution in [3.63, 3.8) is 0 Å². The predicted octanol–water partition coefficient (Wildman–Crippen LogP) is 0.213. The quantitative estimate of drug-likeness (QED) is 0.315. The van der Waals surface area contributed by atoms with Crippen molar-refractivity contribution in [2.24, 2.45) is 7.05 Å². The van der Waals surface area contributed by atoms with Gasteiger partial charge in [-0.15, -0.1) is 0 Å². The molecule has 0 saturated carbocycles. The molecule has 1 aromatic rings. The molecule has 0 radical (unpaired) electrons. The minimum absolute atomic E-state index is 0.00531. The van der Waals surface area contributed by atoms with Gasteiger partial charge in [0, 0.05) is 18.5 Å². The van der Waals surface area contributed by atoms with Crippen molar-refractivity contribution in [3.8, 4) is 6.01 Å². The number of hydrogen-bond donors (Lipinski definition) is 0. The summed E-state index contributed by atoms with van der Waals surface area (Å²) in [7, 11) is 1.42. The molecule has 0 aliphatic carbocycles. The lowest BCUT2D eigenvalue weighted by atomic mass is 10.3. The summed E-state index contributed by atoms with van der Waals surface area (Å²) in [6, 6.07) is -0.279. The van der Waals surface area contributed by atoms with Gasteiger partial charge in [0.1, 0.15) is 6.20 Å². The van der Waals surface area contributed by atoms with Gasteiger partial charge in [-0.2, -0.15) is 0 Å². The van der Waals surface area contributed by atoms with E-state index in [1.807, 2.05) is 0 Å². The molecule has 0 saturated heterocycles. The average Bonchev–Trinajstić information content (AvgIpc) is 2.59. The first-order valence-electron chi connectivity index (χ1n) is 4.38. The number of ether oxygens (including phenoxy) is 1. The predicted molar refractivity (Wildman–Crippen MR) is 50.8 cm³/mol. The third kappa shape index (κ3) is 2.41. The molecule has 0 N–H and O–H groups in total. The highest BCUT2D eigenvalue weighted by Crippen LogP contribution is 2.15. The van der Waals surface area contributed by atoms with Crippen LogP contribution in [0.4, 0.5) is 5.82 Å². The van der Waals surface area contributed by atoms with Crippen LogP contribution in [0.15, 0.2) is 6.20 Å². The van der Waals surface area contributed by atoms with Crippen LogP contribution >= 0.6 is 0 Å². The molecule has 8 nitrogen and oxygen atoms in total. The normalized spacial score (nSPS) is 9.88. The van der Waals surface area contributed by atoms with Crippen molar-refractivity contribution < 1.29 is 19.2 Å². The topological polar surface area (TPSA) is 104 Å². The van der Waals surface area contributed by atoms with Crippen LogP contribution in [0.2, 0.25) is 0 Å². The Hall–Kier alpha value is -2.25. The molecule has 8 heteroatoms. The maximum absolute atomic E-state index is 11.1. The maximum Gasteiger partial charge on any atom is 0.422 e. The standard InChI is InChI=1S/C8H9N3O5/c1-3-5(12)7(13)16-8-9-6(11(14)15)4-10(8)2/h4H,3H2,1-2H3. The largest absolute Gasteiger partial charge is 0.422 e. The van der Waals surface area contributed by atoms with Crippen LogP contribution in [0.1, 0.15) is 13.3 Å². The van der Waals surface area contributed by atoms with Crippen molar-refractivity contribution in [1.29, 1.82) is 0 Å². The number of ketones is 1. The molecule has 0 bridgehead atoms. The summed E-state index contributed by atoms with van der Waals surface area (Å²) in [5.41, 5.74) is 0. The van der Waals surface area contributed by atoms with E-state index >= 15 is 0 Å². The van der Waals surface area contributed by atoms with E-state index < -0.39 is 22.5 Å². The van der Waals surface area contributed by atoms with Crippen molar-refractivity contribution in [3.05, 3.63) is 16.3 Å². The minimum atomic E-state index is -1.08. The molecule has 1 rings (SSSR count). The Labute approximate surface area is 90.0 Å². The van der Waals surface area contributed by atoms with E-state index in [9.17, 15) is 19.7 Å². The SMILES string of the molecule is CCC(=O)C(=O)Oc1nc([N+](=O)[O-])cn1C. The van der Waals surface area contributed by atoms with Crippen molar-refractivity contribution in [2.45, 2.75) is 13.3 Å². The van der Waals surface area contributed by atoms with Crippen LogP contribution in [-0.4, -0.2) is 26.2 Å². The third-order valence-electron chi connectivity index (χ3n) is 1.74. The van der Waals surface area contributed by atoms with E-state index in [-0.39, 0.29) is 12.4 Å². The summed E-state index contributed by atoms with van der Waals surface area (Å²) >= 11 is 0. The maximum atomic E-state index is 11.1. The van der Waals surface area contributed by atoms with Crippen molar-refractivity contribution in [1.82, 2.24) is 9.55 Å². The third-order valence-corrected chi connectivity index (χ3v) is 1.74. The number of carbonyl (C=O) groups is 2. The molecule has 0 fully saturated rings. The van der Waals surface area contributed by atoms with E-state index in [4.69, 9.17) is 0 Å². The first-order valence-corrected chi connectivity index (χ1v) is 4.38. The second-order valence-corrected chi connectivity index (χ2v) is 2.92. The zero-order chi connectivity index (χ0) is 12.3. The Bertz CT molecular complexity index is 451. The summed E-state index contributed by atoms with van der Waals surface area (Å²) in [4.78, 5) is 35.1. The highest BCUT2D eigenvalue weighted by Gasteiger charge is 2.23. The van der Waals surface area contributed by atoms with E-state index in [1.165, 1.54) is 14.0 Å². The van der Waals surface area contributed by atoms with Crippen LogP contribution in [0.5, 0.6) is 6.01 Å². The number of aromatic nitrogens is 2. The van der Waals surface area contributed by atoms with Gasteiger partial charge in [-0.05, 0) is 4.92 Å². The average molecular weight is 227 g/mol. The molecule has 16 heavy (non-hydrogen) atoms. The zero-order valence-electron chi connectivity index (χ0n) is 8.67. The van der Waals surface area contributed by atoms with Gasteiger partial charge in [-0.3, -0.25) is 9.36 Å². The summed E-state index contributed by atoms with van der Waals surface area (Å²) in [6.07, 6.45) is 1.09. The lowest BCUT2D eigenvalue weighted by Crippen LogP contribution is -2.20. The molecular weight excluding hydrogens is 218 g/mol. The second kappa shape index (κ2) is 4.51. The summed E-state index contributed by atoms with van der Waals surface area (Å²) < 4.78 is 5.74. The molecule has 0 unspecified atom stereocenters. The molecule has 0 amide bonds. The number of rotatable bonds is 4. The van der Waals surface area contributed by atoms with Crippen LogP contribution in [0, 0.1) is 10.1 Å². The molecule has 1 aromatic heterocycles. The van der Waals surface area contributed by atoms with Gasteiger partial charge < -0.3 is 14.9 Å². The molecular formula is C8H9N3O5. The van der Waals surface area contributed by atoms with Gasteiger partial charge in [0.25, 0.3) is 0 Å². The highest BCUT2D eigenvalue weighted by molar-refractivity contribution is 6.33. The summed E-state index contributed by atoms with van der Waals surface area (Å²) in [5, 5.41) is 10.4. The first kappa shape index (κ1) is 11.8. The molecule has 86 valence electrons. The number of aryl methyl sites for hydroxylation is 1. The fourth-order valence-corrected chi connectivity index (χ4v) is 0.901. The lowest BCUT2D eigenvalue weighted by Gasteiger charge is -1.96. The van der Waals surface area contributed by atoms with Gasteiger partial charge in [0.2, 0.25) is 5.78 Å². The Morgan fingerprint density at radius 1 is 1.62 bits per heavy atom. The number of carbonyl (C=O) groups excluding carboxylic acids is 2. The van der Waals surface area contributed by atoms with E-state index in [2.05, 4.69) is 9.72 Å². The number of nitrogens with zero attached hydrogens (tertiary/aromatic N) is 3. The van der Waals surface area contributed by atoms with E-state index in [0.717, 1.165) is 10.8 Å². The van der Waals surface area contributed by atoms with Gasteiger partial charge in [-0.25, -0.2) is 4.79 Å². The fourth-order valence-electron chi connectivity index (χ4n) is 0.901. The van der Waals surface area contributed by atoms with Gasteiger partial charge >= 0.3 is 17.8 Å². The number of imidazole rings is 1. The Morgan fingerprint density at radius 3 is 2.69 bits per heavy atom. The summed E-state index contributed by atoms with van der Waals surface area (Å²) in [6.45, 7) is 1.50. The summed E-state index contributed by atoms with van der Waals surface area (Å²) in [5.74, 6) is -2.24. The lowest BCUT2D eigenvalue weighted by molar-refractivity contribution is -0.389. The van der Waals surface area contributed by atoms with Crippen LogP contribution in [0.25, 0.3) is 0 Å². The van der Waals surface area contributed by atoms with Crippen molar-refractivity contribution >= 4 is 17.6 Å². The Kier molecular flexibility index (Phi) is 3.33. The zero-order valence-corrected chi connectivity index (χ0v) is 8.67. The van der Waals surface area contributed by atoms with Gasteiger partial charge in [0.05, 0.1) is 0 Å². The van der Waals surface area contributed by atoms with Crippen LogP contribution < -0.4 is 4.74 Å². The highest BCUT2D eigenvalue weighted by atomic mass is 16.6.